The molecule has 1 aliphatic heterocycles. The van der Waals surface area contributed by atoms with E-state index in [-0.39, 0.29) is 16.9 Å². The normalized spacial score (nSPS) is 23.3. The van der Waals surface area contributed by atoms with Crippen molar-refractivity contribution in [1.82, 2.24) is 0 Å². The lowest BCUT2D eigenvalue weighted by Gasteiger charge is -2.49. The molecule has 1 aromatic rings. The van der Waals surface area contributed by atoms with E-state index in [1.165, 1.54) is 12.1 Å². The number of hydrogen-bond donors (Lipinski definition) is 0. The maximum absolute atomic E-state index is 13.6. The summed E-state index contributed by atoms with van der Waals surface area (Å²) in [6, 6.07) is 4.50. The third-order valence-corrected chi connectivity index (χ3v) is 6.53. The summed E-state index contributed by atoms with van der Waals surface area (Å²) in [5, 5.41) is 0. The molecule has 96 valence electrons. The molecule has 3 nitrogen and oxygen atoms in total. The maximum Gasteiger partial charge on any atom is 0.150 e. The lowest BCUT2D eigenvalue weighted by Crippen LogP contribution is -2.56. The van der Waals surface area contributed by atoms with Gasteiger partial charge in [0.25, 0.3) is 0 Å². The Bertz CT molecular complexity index is 642. The molecule has 0 aromatic heterocycles. The van der Waals surface area contributed by atoms with Crippen molar-refractivity contribution in [2.24, 2.45) is 9.78 Å². The minimum absolute atomic E-state index is 0.0799. The third-order valence-electron chi connectivity index (χ3n) is 3.38. The van der Waals surface area contributed by atoms with Crippen molar-refractivity contribution in [3.8, 4) is 0 Å². The standard InChI is InChI=1S/C12H11BrFNO2S/c13-8-1-2-11(10(14)3-8)15-18(17)6-12(7-18)4-9(16)5-12/h1-3H,4-7H2. The number of carbonyl (C=O) groups excluding carboxylic acids is 1. The summed E-state index contributed by atoms with van der Waals surface area (Å²) in [6.45, 7) is 0. The van der Waals surface area contributed by atoms with E-state index in [0.717, 1.165) is 0 Å². The topological polar surface area (TPSA) is 46.5 Å². The number of benzene rings is 1. The number of Topliss-reactive ketones (excluding diaryl/α,β-unsaturated/α-hetero) is 1. The average molecular weight is 332 g/mol. The molecular weight excluding hydrogens is 321 g/mol. The highest BCUT2D eigenvalue weighted by atomic mass is 79.9. The van der Waals surface area contributed by atoms with Crippen LogP contribution in [0.5, 0.6) is 0 Å². The fraction of sp³-hybridized carbons (Fsp3) is 0.417. The lowest BCUT2D eigenvalue weighted by molar-refractivity contribution is -0.130. The molecule has 18 heavy (non-hydrogen) atoms. The van der Waals surface area contributed by atoms with Crippen molar-refractivity contribution in [1.29, 1.82) is 0 Å². The van der Waals surface area contributed by atoms with Crippen molar-refractivity contribution in [3.05, 3.63) is 28.5 Å². The van der Waals surface area contributed by atoms with Gasteiger partial charge in [-0.1, -0.05) is 15.9 Å². The smallest absolute Gasteiger partial charge is 0.150 e. The van der Waals surface area contributed by atoms with Gasteiger partial charge in [0.2, 0.25) is 0 Å². The highest BCUT2D eigenvalue weighted by Gasteiger charge is 2.54. The van der Waals surface area contributed by atoms with Crippen LogP contribution in [-0.4, -0.2) is 21.5 Å². The van der Waals surface area contributed by atoms with Crippen molar-refractivity contribution < 1.29 is 13.4 Å². The van der Waals surface area contributed by atoms with Crippen LogP contribution in [0.15, 0.2) is 27.0 Å². The van der Waals surface area contributed by atoms with E-state index in [1.54, 1.807) is 6.07 Å². The molecule has 0 radical (unpaired) electrons. The molecule has 0 N–H and O–H groups in total. The summed E-state index contributed by atoms with van der Waals surface area (Å²) in [7, 11) is -2.35. The van der Waals surface area contributed by atoms with Gasteiger partial charge in [0.1, 0.15) is 11.5 Å². The van der Waals surface area contributed by atoms with Crippen LogP contribution < -0.4 is 0 Å². The highest BCUT2D eigenvalue weighted by molar-refractivity contribution is 9.10. The van der Waals surface area contributed by atoms with E-state index >= 15 is 0 Å². The molecule has 1 spiro atoms. The summed E-state index contributed by atoms with van der Waals surface area (Å²) in [5.41, 5.74) is 0.0625. The number of ketones is 1. The van der Waals surface area contributed by atoms with Crippen LogP contribution in [0.1, 0.15) is 12.8 Å². The van der Waals surface area contributed by atoms with Crippen molar-refractivity contribution in [2.75, 3.05) is 11.5 Å². The second kappa shape index (κ2) is 3.87. The zero-order valence-corrected chi connectivity index (χ0v) is 11.9. The van der Waals surface area contributed by atoms with Gasteiger partial charge < -0.3 is 0 Å². The molecule has 2 fully saturated rings. The van der Waals surface area contributed by atoms with Crippen LogP contribution in [0.2, 0.25) is 0 Å². The first kappa shape index (κ1) is 12.3. The van der Waals surface area contributed by atoms with Crippen LogP contribution in [0.25, 0.3) is 0 Å². The number of halogens is 2. The molecule has 2 aliphatic rings. The molecule has 6 heteroatoms. The highest BCUT2D eigenvalue weighted by Crippen LogP contribution is 2.49. The Morgan fingerprint density at radius 3 is 2.56 bits per heavy atom. The number of rotatable bonds is 1. The SMILES string of the molecule is O=C1CC2(C1)CS(=O)(=Nc1ccc(Br)cc1F)C2. The minimum atomic E-state index is -2.35. The maximum atomic E-state index is 13.6. The van der Waals surface area contributed by atoms with Crippen LogP contribution >= 0.6 is 15.9 Å². The van der Waals surface area contributed by atoms with Crippen LogP contribution in [0.4, 0.5) is 10.1 Å². The van der Waals surface area contributed by atoms with E-state index in [4.69, 9.17) is 0 Å². The zero-order chi connectivity index (χ0) is 13.0. The molecule has 1 saturated heterocycles. The Kier molecular flexibility index (Phi) is 2.64. The Labute approximate surface area is 113 Å². The number of hydrogen-bond acceptors (Lipinski definition) is 3. The minimum Gasteiger partial charge on any atom is -0.300 e. The van der Waals surface area contributed by atoms with E-state index in [1.807, 2.05) is 0 Å². The van der Waals surface area contributed by atoms with Crippen LogP contribution in [0, 0.1) is 11.2 Å². The zero-order valence-electron chi connectivity index (χ0n) is 9.49. The van der Waals surface area contributed by atoms with Crippen molar-refractivity contribution in [3.63, 3.8) is 0 Å². The lowest BCUT2D eigenvalue weighted by atomic mass is 9.70. The van der Waals surface area contributed by atoms with Gasteiger partial charge in [0, 0.05) is 34.2 Å². The van der Waals surface area contributed by atoms with Gasteiger partial charge in [-0.2, -0.15) is 4.36 Å². The molecule has 0 bridgehead atoms. The van der Waals surface area contributed by atoms with Gasteiger partial charge in [0.05, 0.1) is 9.73 Å². The van der Waals surface area contributed by atoms with Gasteiger partial charge in [-0.05, 0) is 18.2 Å². The van der Waals surface area contributed by atoms with Gasteiger partial charge in [-0.3, -0.25) is 4.79 Å². The second-order valence-electron chi connectivity index (χ2n) is 5.14. The summed E-state index contributed by atoms with van der Waals surface area (Å²) in [5.74, 6) is 0.617. The first-order valence-corrected chi connectivity index (χ1v) is 8.24. The summed E-state index contributed by atoms with van der Waals surface area (Å²) < 4.78 is 30.6. The molecule has 1 aliphatic carbocycles. The van der Waals surface area contributed by atoms with Crippen molar-refractivity contribution in [2.45, 2.75) is 12.8 Å². The van der Waals surface area contributed by atoms with E-state index in [0.29, 0.717) is 28.8 Å². The van der Waals surface area contributed by atoms with E-state index < -0.39 is 15.5 Å². The number of nitrogens with zero attached hydrogens (tertiary/aromatic N) is 1. The van der Waals surface area contributed by atoms with Gasteiger partial charge in [0.15, 0.2) is 5.82 Å². The van der Waals surface area contributed by atoms with Crippen LogP contribution in [0.3, 0.4) is 0 Å². The average Bonchev–Trinajstić information content (AvgIpc) is 2.18. The Morgan fingerprint density at radius 2 is 2.00 bits per heavy atom. The molecule has 0 atom stereocenters. The van der Waals surface area contributed by atoms with Gasteiger partial charge in [-0.15, -0.1) is 0 Å². The molecule has 0 amide bonds. The molecule has 1 heterocycles. The quantitative estimate of drug-likeness (QED) is 0.794. The Balaban J connectivity index is 1.85. The molecule has 1 saturated carbocycles. The fourth-order valence-electron chi connectivity index (χ4n) is 2.70. The summed E-state index contributed by atoms with van der Waals surface area (Å²) in [4.78, 5) is 11.0. The summed E-state index contributed by atoms with van der Waals surface area (Å²) >= 11 is 3.16. The Morgan fingerprint density at radius 1 is 1.33 bits per heavy atom. The molecule has 1 aromatic carbocycles. The number of carbonyl (C=O) groups is 1. The molecule has 3 rings (SSSR count). The first-order chi connectivity index (χ1) is 8.40. The fourth-order valence-corrected chi connectivity index (χ4v) is 5.91. The summed E-state index contributed by atoms with van der Waals surface area (Å²) in [6.07, 6.45) is 1.03. The van der Waals surface area contributed by atoms with E-state index in [9.17, 15) is 13.4 Å². The monoisotopic (exact) mass is 331 g/mol. The van der Waals surface area contributed by atoms with Gasteiger partial charge in [-0.25, -0.2) is 8.60 Å². The largest absolute Gasteiger partial charge is 0.300 e. The molecule has 0 unspecified atom stereocenters. The predicted octanol–water partition coefficient (Wildman–Crippen LogP) is 3.05. The third kappa shape index (κ3) is 2.01. The first-order valence-electron chi connectivity index (χ1n) is 5.59. The van der Waals surface area contributed by atoms with E-state index in [2.05, 4.69) is 20.3 Å². The second-order valence-corrected chi connectivity index (χ2v) is 8.36. The predicted molar refractivity (Wildman–Crippen MR) is 70.7 cm³/mol. The molecular formula is C12H11BrFNO2S. The van der Waals surface area contributed by atoms with Crippen molar-refractivity contribution >= 4 is 37.1 Å². The Hall–Kier alpha value is -0.750. The van der Waals surface area contributed by atoms with Gasteiger partial charge >= 0.3 is 0 Å². The van der Waals surface area contributed by atoms with Crippen LogP contribution in [-0.2, 0) is 14.5 Å².